The van der Waals surface area contributed by atoms with E-state index >= 15 is 0 Å². The van der Waals surface area contributed by atoms with Crippen molar-refractivity contribution >= 4 is 38.2 Å². The lowest BCUT2D eigenvalue weighted by Gasteiger charge is -2.27. The number of nitrogen functional groups attached to an aromatic ring is 1. The number of aromatic nitrogens is 1. The minimum absolute atomic E-state index is 0.204. The second-order valence-electron chi connectivity index (χ2n) is 4.35. The van der Waals surface area contributed by atoms with Crippen molar-refractivity contribution in [3.63, 3.8) is 0 Å². The molecule has 2 rings (SSSR count). The number of benzene rings is 1. The fraction of sp³-hybridized carbons (Fsp3) is 0.308. The lowest BCUT2D eigenvalue weighted by molar-refractivity contribution is -0.119. The van der Waals surface area contributed by atoms with Gasteiger partial charge in [0.15, 0.2) is 0 Å². The SMILES string of the molecule is CCN(CC(F)(F)F)c1c(N)cnc2ccc(Br)cc12. The molecule has 0 aliphatic rings. The van der Waals surface area contributed by atoms with Gasteiger partial charge in [-0.05, 0) is 25.1 Å². The number of nitrogens with zero attached hydrogens (tertiary/aromatic N) is 2. The summed E-state index contributed by atoms with van der Waals surface area (Å²) in [5, 5.41) is 0.602. The summed E-state index contributed by atoms with van der Waals surface area (Å²) in [5.41, 5.74) is 7.06. The second-order valence-corrected chi connectivity index (χ2v) is 5.27. The quantitative estimate of drug-likeness (QED) is 0.913. The Labute approximate surface area is 122 Å². The van der Waals surface area contributed by atoms with E-state index in [0.717, 1.165) is 4.47 Å². The molecule has 0 amide bonds. The number of fused-ring (bicyclic) bond motifs is 1. The van der Waals surface area contributed by atoms with Gasteiger partial charge >= 0.3 is 6.18 Å². The molecule has 0 saturated carbocycles. The van der Waals surface area contributed by atoms with Crippen molar-refractivity contribution in [1.82, 2.24) is 4.98 Å². The van der Waals surface area contributed by atoms with E-state index < -0.39 is 12.7 Å². The number of rotatable bonds is 3. The van der Waals surface area contributed by atoms with Crippen molar-refractivity contribution in [2.45, 2.75) is 13.1 Å². The maximum absolute atomic E-state index is 12.7. The molecule has 0 bridgehead atoms. The molecule has 0 aliphatic heterocycles. The molecule has 0 radical (unpaired) electrons. The molecule has 0 atom stereocenters. The van der Waals surface area contributed by atoms with Crippen molar-refractivity contribution in [3.05, 3.63) is 28.9 Å². The topological polar surface area (TPSA) is 42.1 Å². The fourth-order valence-corrected chi connectivity index (χ4v) is 2.45. The molecule has 1 aromatic heterocycles. The molecule has 0 saturated heterocycles. The third-order valence-electron chi connectivity index (χ3n) is 2.90. The van der Waals surface area contributed by atoms with Gasteiger partial charge in [-0.15, -0.1) is 0 Å². The standard InChI is InChI=1S/C13H13BrF3N3/c1-2-20(7-13(15,16)17)12-9-5-8(14)3-4-11(9)19-6-10(12)18/h3-6H,2,7,18H2,1H3. The fourth-order valence-electron chi connectivity index (χ4n) is 2.08. The van der Waals surface area contributed by atoms with E-state index in [0.29, 0.717) is 16.6 Å². The van der Waals surface area contributed by atoms with Crippen LogP contribution in [0.1, 0.15) is 6.92 Å². The highest BCUT2D eigenvalue weighted by Crippen LogP contribution is 2.34. The van der Waals surface area contributed by atoms with Gasteiger partial charge in [0.25, 0.3) is 0 Å². The van der Waals surface area contributed by atoms with Crippen LogP contribution in [-0.2, 0) is 0 Å². The summed E-state index contributed by atoms with van der Waals surface area (Å²) in [5.74, 6) is 0. The van der Waals surface area contributed by atoms with Crippen molar-refractivity contribution in [2.75, 3.05) is 23.7 Å². The minimum atomic E-state index is -4.29. The van der Waals surface area contributed by atoms with Crippen LogP contribution in [0, 0.1) is 0 Å². The van der Waals surface area contributed by atoms with Crippen molar-refractivity contribution in [3.8, 4) is 0 Å². The summed E-state index contributed by atoms with van der Waals surface area (Å²) < 4.78 is 38.8. The predicted octanol–water partition coefficient (Wildman–Crippen LogP) is 3.97. The van der Waals surface area contributed by atoms with Gasteiger partial charge in [0.05, 0.1) is 23.1 Å². The molecule has 0 spiro atoms. The zero-order valence-electron chi connectivity index (χ0n) is 10.7. The molecule has 20 heavy (non-hydrogen) atoms. The summed E-state index contributed by atoms with van der Waals surface area (Å²) in [6, 6.07) is 5.26. The molecule has 2 aromatic rings. The van der Waals surface area contributed by atoms with Gasteiger partial charge in [0.1, 0.15) is 6.54 Å². The summed E-state index contributed by atoms with van der Waals surface area (Å²) >= 11 is 3.31. The Morgan fingerprint density at radius 2 is 2.05 bits per heavy atom. The molecule has 108 valence electrons. The predicted molar refractivity (Wildman–Crippen MR) is 77.8 cm³/mol. The van der Waals surface area contributed by atoms with E-state index in [4.69, 9.17) is 5.73 Å². The van der Waals surface area contributed by atoms with E-state index in [-0.39, 0.29) is 12.2 Å². The summed E-state index contributed by atoms with van der Waals surface area (Å²) in [6.45, 7) is 0.824. The molecule has 2 N–H and O–H groups in total. The molecule has 0 unspecified atom stereocenters. The summed E-state index contributed by atoms with van der Waals surface area (Å²) in [6.07, 6.45) is -2.89. The molecule has 1 heterocycles. The van der Waals surface area contributed by atoms with Gasteiger partial charge in [-0.25, -0.2) is 0 Å². The van der Waals surface area contributed by atoms with Crippen LogP contribution >= 0.6 is 15.9 Å². The molecular formula is C13H13BrF3N3. The smallest absolute Gasteiger partial charge is 0.396 e. The van der Waals surface area contributed by atoms with E-state index in [1.807, 2.05) is 0 Å². The highest BCUT2D eigenvalue weighted by molar-refractivity contribution is 9.10. The average molecular weight is 348 g/mol. The number of hydrogen-bond donors (Lipinski definition) is 1. The first-order valence-corrected chi connectivity index (χ1v) is 6.76. The van der Waals surface area contributed by atoms with Gasteiger partial charge in [0.2, 0.25) is 0 Å². The Morgan fingerprint density at radius 1 is 1.35 bits per heavy atom. The highest BCUT2D eigenvalue weighted by atomic mass is 79.9. The zero-order valence-corrected chi connectivity index (χ0v) is 12.3. The van der Waals surface area contributed by atoms with E-state index in [1.165, 1.54) is 11.1 Å². The maximum Gasteiger partial charge on any atom is 0.405 e. The first-order chi connectivity index (χ1) is 9.31. The van der Waals surface area contributed by atoms with E-state index in [1.54, 1.807) is 25.1 Å². The minimum Gasteiger partial charge on any atom is -0.396 e. The maximum atomic E-state index is 12.7. The zero-order chi connectivity index (χ0) is 14.9. The van der Waals surface area contributed by atoms with Crippen LogP contribution in [0.2, 0.25) is 0 Å². The Kier molecular flexibility index (Phi) is 4.08. The van der Waals surface area contributed by atoms with Crippen molar-refractivity contribution < 1.29 is 13.2 Å². The summed E-state index contributed by atoms with van der Waals surface area (Å²) in [4.78, 5) is 5.36. The number of nitrogens with two attached hydrogens (primary N) is 1. The monoisotopic (exact) mass is 347 g/mol. The number of halogens is 4. The van der Waals surface area contributed by atoms with Crippen LogP contribution in [0.4, 0.5) is 24.5 Å². The second kappa shape index (κ2) is 5.47. The van der Waals surface area contributed by atoms with Gasteiger partial charge in [0, 0.05) is 16.4 Å². The normalized spacial score (nSPS) is 11.8. The van der Waals surface area contributed by atoms with Crippen LogP contribution in [0.25, 0.3) is 10.9 Å². The molecule has 0 fully saturated rings. The van der Waals surface area contributed by atoms with Gasteiger partial charge < -0.3 is 10.6 Å². The van der Waals surface area contributed by atoms with E-state index in [2.05, 4.69) is 20.9 Å². The lowest BCUT2D eigenvalue weighted by atomic mass is 10.1. The molecular weight excluding hydrogens is 335 g/mol. The number of alkyl halides is 3. The Balaban J connectivity index is 2.61. The lowest BCUT2D eigenvalue weighted by Crippen LogP contribution is -2.34. The first kappa shape index (κ1) is 14.9. The largest absolute Gasteiger partial charge is 0.405 e. The van der Waals surface area contributed by atoms with Crippen LogP contribution in [0.3, 0.4) is 0 Å². The van der Waals surface area contributed by atoms with Crippen molar-refractivity contribution in [2.24, 2.45) is 0 Å². The van der Waals surface area contributed by atoms with Gasteiger partial charge in [-0.1, -0.05) is 15.9 Å². The van der Waals surface area contributed by atoms with Crippen LogP contribution in [-0.4, -0.2) is 24.2 Å². The Bertz CT molecular complexity index is 623. The molecule has 3 nitrogen and oxygen atoms in total. The third kappa shape index (κ3) is 3.15. The molecule has 0 aliphatic carbocycles. The number of anilines is 2. The molecule has 7 heteroatoms. The van der Waals surface area contributed by atoms with Crippen LogP contribution in [0.15, 0.2) is 28.9 Å². The van der Waals surface area contributed by atoms with Crippen LogP contribution < -0.4 is 10.6 Å². The van der Waals surface area contributed by atoms with Gasteiger partial charge in [-0.2, -0.15) is 13.2 Å². The Morgan fingerprint density at radius 3 is 2.65 bits per heavy atom. The Hall–Kier alpha value is -1.50. The first-order valence-electron chi connectivity index (χ1n) is 5.97. The average Bonchev–Trinajstić information content (AvgIpc) is 2.35. The van der Waals surface area contributed by atoms with Gasteiger partial charge in [-0.3, -0.25) is 4.98 Å². The molecule has 1 aromatic carbocycles. The third-order valence-corrected chi connectivity index (χ3v) is 3.39. The summed E-state index contributed by atoms with van der Waals surface area (Å²) in [7, 11) is 0. The number of pyridine rings is 1. The number of hydrogen-bond acceptors (Lipinski definition) is 3. The van der Waals surface area contributed by atoms with E-state index in [9.17, 15) is 13.2 Å². The van der Waals surface area contributed by atoms with Crippen LogP contribution in [0.5, 0.6) is 0 Å². The highest BCUT2D eigenvalue weighted by Gasteiger charge is 2.31. The van der Waals surface area contributed by atoms with Crippen molar-refractivity contribution in [1.29, 1.82) is 0 Å².